The van der Waals surface area contributed by atoms with E-state index in [9.17, 15) is 14.7 Å². The molecule has 0 aliphatic carbocycles. The molecule has 1 aliphatic heterocycles. The molecule has 11 heteroatoms. The first-order valence-electron chi connectivity index (χ1n) is 12.3. The van der Waals surface area contributed by atoms with Gasteiger partial charge in [-0.3, -0.25) is 9.36 Å². The van der Waals surface area contributed by atoms with Gasteiger partial charge in [-0.05, 0) is 50.1 Å². The molecule has 4 rings (SSSR count). The van der Waals surface area contributed by atoms with Crippen LogP contribution in [0.1, 0.15) is 44.4 Å². The summed E-state index contributed by atoms with van der Waals surface area (Å²) in [7, 11) is 2.82. The molecule has 0 bridgehead atoms. The Bertz CT molecular complexity index is 1620. The van der Waals surface area contributed by atoms with E-state index in [0.29, 0.717) is 50.9 Å². The first-order chi connectivity index (χ1) is 18.7. The van der Waals surface area contributed by atoms with Gasteiger partial charge in [-0.2, -0.15) is 0 Å². The highest BCUT2D eigenvalue weighted by molar-refractivity contribution is 7.07. The smallest absolute Gasteiger partial charge is 0.338 e. The molecular weight excluding hydrogens is 544 g/mol. The van der Waals surface area contributed by atoms with Crippen molar-refractivity contribution in [3.05, 3.63) is 77.4 Å². The molecule has 0 fully saturated rings. The van der Waals surface area contributed by atoms with Gasteiger partial charge in [0.1, 0.15) is 6.04 Å². The van der Waals surface area contributed by atoms with Crippen LogP contribution in [0.3, 0.4) is 0 Å². The van der Waals surface area contributed by atoms with Crippen LogP contribution < -0.4 is 29.1 Å². The molecule has 0 saturated heterocycles. The summed E-state index contributed by atoms with van der Waals surface area (Å²) in [6, 6.07) is 7.60. The number of aromatic nitrogens is 1. The second-order valence-corrected chi connectivity index (χ2v) is 10.00. The minimum absolute atomic E-state index is 0.0933. The molecule has 1 aromatic heterocycles. The van der Waals surface area contributed by atoms with Crippen molar-refractivity contribution in [2.75, 3.05) is 27.4 Å². The number of hydrogen-bond donors (Lipinski definition) is 1. The predicted octanol–water partition coefficient (Wildman–Crippen LogP) is 3.96. The lowest BCUT2D eigenvalue weighted by atomic mass is 9.94. The number of aromatic hydroxyl groups is 1. The van der Waals surface area contributed by atoms with E-state index in [2.05, 4.69) is 4.99 Å². The fraction of sp³-hybridized carbons (Fsp3) is 0.321. The number of carbonyl (C=O) groups excluding carboxylic acids is 1. The van der Waals surface area contributed by atoms with E-state index in [0.717, 1.165) is 6.42 Å². The van der Waals surface area contributed by atoms with E-state index in [1.54, 1.807) is 50.3 Å². The maximum Gasteiger partial charge on any atom is 0.338 e. The molecule has 206 valence electrons. The Balaban J connectivity index is 1.99. The number of phenolic OH excluding ortho intramolecular Hbond substituents is 1. The lowest BCUT2D eigenvalue weighted by Crippen LogP contribution is -2.40. The molecule has 1 N–H and O–H groups in total. The number of thiazole rings is 1. The van der Waals surface area contributed by atoms with Crippen molar-refractivity contribution in [3.8, 4) is 23.0 Å². The van der Waals surface area contributed by atoms with Crippen LogP contribution in [0.4, 0.5) is 0 Å². The normalized spacial score (nSPS) is 15.0. The van der Waals surface area contributed by atoms with Crippen LogP contribution in [0.5, 0.6) is 23.0 Å². The molecule has 1 atom stereocenters. The van der Waals surface area contributed by atoms with Crippen molar-refractivity contribution in [3.63, 3.8) is 0 Å². The highest BCUT2D eigenvalue weighted by Gasteiger charge is 2.35. The molecular formula is C28H29ClN2O7S. The van der Waals surface area contributed by atoms with Crippen molar-refractivity contribution in [1.82, 2.24) is 4.57 Å². The van der Waals surface area contributed by atoms with Crippen LogP contribution in [0.15, 0.2) is 51.4 Å². The zero-order chi connectivity index (χ0) is 28.3. The molecule has 1 aliphatic rings. The predicted molar refractivity (Wildman–Crippen MR) is 149 cm³/mol. The fourth-order valence-electron chi connectivity index (χ4n) is 4.35. The summed E-state index contributed by atoms with van der Waals surface area (Å²) in [6.45, 7) is 6.21. The number of allylic oxidation sites excluding steroid dienone is 1. The lowest BCUT2D eigenvalue weighted by Gasteiger charge is -2.26. The monoisotopic (exact) mass is 572 g/mol. The fourth-order valence-corrected chi connectivity index (χ4v) is 5.61. The van der Waals surface area contributed by atoms with E-state index >= 15 is 0 Å². The number of halogens is 1. The Hall–Kier alpha value is -3.76. The Morgan fingerprint density at radius 1 is 1.21 bits per heavy atom. The van der Waals surface area contributed by atoms with Crippen LogP contribution in [0.25, 0.3) is 6.08 Å². The maximum atomic E-state index is 13.9. The third kappa shape index (κ3) is 5.39. The van der Waals surface area contributed by atoms with Crippen molar-refractivity contribution < 1.29 is 28.8 Å². The minimum atomic E-state index is -0.875. The number of phenols is 1. The summed E-state index contributed by atoms with van der Waals surface area (Å²) < 4.78 is 24.0. The van der Waals surface area contributed by atoms with Crippen LogP contribution in [0, 0.1) is 0 Å². The summed E-state index contributed by atoms with van der Waals surface area (Å²) in [5.41, 5.74) is 1.40. The average Bonchev–Trinajstić information content (AvgIpc) is 3.22. The number of fused-ring (bicyclic) bond motifs is 1. The lowest BCUT2D eigenvalue weighted by molar-refractivity contribution is -0.136. The molecule has 3 aromatic rings. The van der Waals surface area contributed by atoms with Gasteiger partial charge in [0, 0.05) is 5.56 Å². The molecule has 0 spiro atoms. The van der Waals surface area contributed by atoms with Gasteiger partial charge < -0.3 is 24.1 Å². The third-order valence-corrected chi connectivity index (χ3v) is 7.32. The van der Waals surface area contributed by atoms with E-state index in [1.165, 1.54) is 30.1 Å². The Morgan fingerprint density at radius 2 is 1.97 bits per heavy atom. The summed E-state index contributed by atoms with van der Waals surface area (Å²) >= 11 is 7.38. The summed E-state index contributed by atoms with van der Waals surface area (Å²) in [5, 5.41) is 10.3. The summed E-state index contributed by atoms with van der Waals surface area (Å²) in [4.78, 5) is 32.0. The number of para-hydroxylation sites is 1. The number of rotatable bonds is 9. The quantitative estimate of drug-likeness (QED) is 0.387. The minimum Gasteiger partial charge on any atom is -0.503 e. The van der Waals surface area contributed by atoms with Crippen LogP contribution in [0.2, 0.25) is 5.02 Å². The molecule has 2 heterocycles. The van der Waals surface area contributed by atoms with E-state index in [-0.39, 0.29) is 27.7 Å². The average molecular weight is 573 g/mol. The summed E-state index contributed by atoms with van der Waals surface area (Å²) in [6.07, 6.45) is 2.39. The van der Waals surface area contributed by atoms with Crippen molar-refractivity contribution in [2.45, 2.75) is 33.2 Å². The van der Waals surface area contributed by atoms with Gasteiger partial charge >= 0.3 is 5.97 Å². The van der Waals surface area contributed by atoms with Gasteiger partial charge in [-0.1, -0.05) is 42.0 Å². The van der Waals surface area contributed by atoms with Gasteiger partial charge in [0.2, 0.25) is 0 Å². The number of hydrogen-bond acceptors (Lipinski definition) is 9. The number of carbonyl (C=O) groups is 1. The topological polar surface area (TPSA) is 109 Å². The first-order valence-corrected chi connectivity index (χ1v) is 13.5. The highest BCUT2D eigenvalue weighted by atomic mass is 35.5. The van der Waals surface area contributed by atoms with Gasteiger partial charge in [0.15, 0.2) is 27.8 Å². The maximum absolute atomic E-state index is 13.9. The van der Waals surface area contributed by atoms with E-state index < -0.39 is 12.0 Å². The Morgan fingerprint density at radius 3 is 2.64 bits per heavy atom. The van der Waals surface area contributed by atoms with Gasteiger partial charge in [0.05, 0.1) is 48.3 Å². The van der Waals surface area contributed by atoms with Gasteiger partial charge in [0.25, 0.3) is 5.56 Å². The summed E-state index contributed by atoms with van der Waals surface area (Å²) in [5.74, 6) is 0.340. The zero-order valence-corrected chi connectivity index (χ0v) is 23.8. The number of ether oxygens (including phenoxy) is 4. The van der Waals surface area contributed by atoms with Crippen molar-refractivity contribution in [2.24, 2.45) is 4.99 Å². The molecule has 39 heavy (non-hydrogen) atoms. The molecule has 1 unspecified atom stereocenters. The molecule has 0 amide bonds. The van der Waals surface area contributed by atoms with Crippen LogP contribution in [-0.4, -0.2) is 43.1 Å². The molecule has 0 saturated carbocycles. The Labute approximate surface area is 234 Å². The van der Waals surface area contributed by atoms with Gasteiger partial charge in [-0.25, -0.2) is 9.79 Å². The van der Waals surface area contributed by atoms with Crippen molar-refractivity contribution >= 4 is 35.0 Å². The number of methoxy groups -OCH3 is 2. The molecule has 0 radical (unpaired) electrons. The van der Waals surface area contributed by atoms with Crippen LogP contribution in [-0.2, 0) is 9.53 Å². The van der Waals surface area contributed by atoms with E-state index in [1.807, 2.05) is 6.92 Å². The first kappa shape index (κ1) is 28.3. The van der Waals surface area contributed by atoms with E-state index in [4.69, 9.17) is 30.5 Å². The standard InChI is InChI=1S/C28H29ClN2O7S/c1-6-11-38-25-17(9-8-10-19(25)35-4)23-22(27(34)36-5)15(3)30-28-31(23)26(33)21(39-28)14-16-12-18(29)24(32)20(13-16)37-7-2/h8-10,12-14,23,32H,6-7,11H2,1-5H3/b21-14+. The SMILES string of the molecule is CCCOc1c(OC)cccc1C1C(C(=O)OC)=C(C)N=c2s/c(=C/c3cc(Cl)c(O)c(OCC)c3)c(=O)n21. The second kappa shape index (κ2) is 12.0. The van der Waals surface area contributed by atoms with Crippen LogP contribution >= 0.6 is 22.9 Å². The Kier molecular flexibility index (Phi) is 8.66. The molecule has 2 aromatic carbocycles. The van der Waals surface area contributed by atoms with Gasteiger partial charge in [-0.15, -0.1) is 0 Å². The second-order valence-electron chi connectivity index (χ2n) is 8.58. The number of esters is 1. The third-order valence-electron chi connectivity index (χ3n) is 6.05. The largest absolute Gasteiger partial charge is 0.503 e. The van der Waals surface area contributed by atoms with Crippen molar-refractivity contribution in [1.29, 1.82) is 0 Å². The number of nitrogens with zero attached hydrogens (tertiary/aromatic N) is 2. The molecule has 9 nitrogen and oxygen atoms in total. The highest BCUT2D eigenvalue weighted by Crippen LogP contribution is 2.41. The number of benzene rings is 2. The zero-order valence-electron chi connectivity index (χ0n) is 22.2.